The summed E-state index contributed by atoms with van der Waals surface area (Å²) in [6.07, 6.45) is 6.35. The number of hydrogen-bond donors (Lipinski definition) is 0. The van der Waals surface area contributed by atoms with E-state index in [1.807, 2.05) is 30.3 Å². The van der Waals surface area contributed by atoms with Crippen molar-refractivity contribution in [2.24, 2.45) is 0 Å². The van der Waals surface area contributed by atoms with E-state index in [2.05, 4.69) is 6.92 Å². The van der Waals surface area contributed by atoms with E-state index in [1.54, 1.807) is 4.90 Å². The Hall–Kier alpha value is -0.840. The van der Waals surface area contributed by atoms with Gasteiger partial charge in [-0.2, -0.15) is 0 Å². The van der Waals surface area contributed by atoms with Gasteiger partial charge in [-0.1, -0.05) is 80.0 Å². The summed E-state index contributed by atoms with van der Waals surface area (Å²) >= 11 is 12.8. The predicted molar refractivity (Wildman–Crippen MR) is 95.5 cm³/mol. The van der Waals surface area contributed by atoms with Gasteiger partial charge in [-0.15, -0.1) is 0 Å². The summed E-state index contributed by atoms with van der Waals surface area (Å²) in [6, 6.07) is 7.50. The molecular formula is C16H18ClNOS2. The van der Waals surface area contributed by atoms with Gasteiger partial charge < -0.3 is 0 Å². The standard InChI is InChI=1S/C16H18ClNOS2/c1-2-3-4-7-10-18-15(19)14(21-16(18)20)11-12-8-5-6-9-13(12)17/h5-6,8-9,11H,2-4,7,10H2,1H3. The van der Waals surface area contributed by atoms with Gasteiger partial charge in [0.15, 0.2) is 0 Å². The average Bonchev–Trinajstić information content (AvgIpc) is 2.73. The molecule has 0 radical (unpaired) electrons. The number of hydrogen-bond acceptors (Lipinski definition) is 3. The normalized spacial score (nSPS) is 17.0. The highest BCUT2D eigenvalue weighted by Crippen LogP contribution is 2.33. The number of thioether (sulfide) groups is 1. The van der Waals surface area contributed by atoms with Crippen LogP contribution in [-0.2, 0) is 4.79 Å². The second kappa shape index (κ2) is 7.97. The number of halogens is 1. The molecule has 2 rings (SSSR count). The van der Waals surface area contributed by atoms with E-state index < -0.39 is 0 Å². The molecule has 1 aliphatic heterocycles. The Kier molecular flexibility index (Phi) is 6.27. The molecular weight excluding hydrogens is 322 g/mol. The molecule has 21 heavy (non-hydrogen) atoms. The smallest absolute Gasteiger partial charge is 0.266 e. The Morgan fingerprint density at radius 2 is 2.05 bits per heavy atom. The molecule has 1 fully saturated rings. The number of carbonyl (C=O) groups excluding carboxylic acids is 1. The third-order valence-corrected chi connectivity index (χ3v) is 5.02. The molecule has 5 heteroatoms. The molecule has 0 atom stereocenters. The van der Waals surface area contributed by atoms with Gasteiger partial charge >= 0.3 is 0 Å². The van der Waals surface area contributed by atoms with Crippen LogP contribution in [0.1, 0.15) is 38.2 Å². The fraction of sp³-hybridized carbons (Fsp3) is 0.375. The van der Waals surface area contributed by atoms with Crippen molar-refractivity contribution in [1.29, 1.82) is 0 Å². The first-order valence-electron chi connectivity index (χ1n) is 7.13. The second-order valence-electron chi connectivity index (χ2n) is 4.92. The minimum Gasteiger partial charge on any atom is -0.293 e. The predicted octanol–water partition coefficient (Wildman–Crippen LogP) is 5.12. The zero-order chi connectivity index (χ0) is 15.2. The number of unbranched alkanes of at least 4 members (excludes halogenated alkanes) is 3. The van der Waals surface area contributed by atoms with Crippen molar-refractivity contribution in [3.8, 4) is 0 Å². The summed E-state index contributed by atoms with van der Waals surface area (Å²) in [7, 11) is 0. The maximum absolute atomic E-state index is 12.4. The highest BCUT2D eigenvalue weighted by Gasteiger charge is 2.31. The van der Waals surface area contributed by atoms with Gasteiger partial charge in [0.2, 0.25) is 0 Å². The molecule has 1 amide bonds. The lowest BCUT2D eigenvalue weighted by Crippen LogP contribution is -2.28. The number of benzene rings is 1. The Balaban J connectivity index is 2.06. The highest BCUT2D eigenvalue weighted by atomic mass is 35.5. The van der Waals surface area contributed by atoms with Crippen LogP contribution in [0.25, 0.3) is 6.08 Å². The van der Waals surface area contributed by atoms with Crippen molar-refractivity contribution in [2.75, 3.05) is 6.54 Å². The van der Waals surface area contributed by atoms with Crippen LogP contribution in [0.15, 0.2) is 29.2 Å². The number of rotatable bonds is 6. The quantitative estimate of drug-likeness (QED) is 0.407. The first-order chi connectivity index (χ1) is 10.1. The van der Waals surface area contributed by atoms with Crippen LogP contribution in [0.4, 0.5) is 0 Å². The summed E-state index contributed by atoms with van der Waals surface area (Å²) in [5, 5.41) is 0.644. The Bertz CT molecular complexity index is 571. The zero-order valence-corrected chi connectivity index (χ0v) is 14.4. The fourth-order valence-corrected chi connectivity index (χ4v) is 3.61. The molecule has 0 aliphatic carbocycles. The molecule has 0 bridgehead atoms. The molecule has 1 saturated heterocycles. The molecule has 0 N–H and O–H groups in total. The highest BCUT2D eigenvalue weighted by molar-refractivity contribution is 8.26. The van der Waals surface area contributed by atoms with E-state index in [0.29, 0.717) is 20.8 Å². The van der Waals surface area contributed by atoms with E-state index in [9.17, 15) is 4.79 Å². The second-order valence-corrected chi connectivity index (χ2v) is 7.00. The number of thiocarbonyl (C=S) groups is 1. The minimum absolute atomic E-state index is 0.00131. The Morgan fingerprint density at radius 3 is 2.76 bits per heavy atom. The van der Waals surface area contributed by atoms with Crippen molar-refractivity contribution in [2.45, 2.75) is 32.6 Å². The van der Waals surface area contributed by atoms with Gasteiger partial charge in [0.25, 0.3) is 5.91 Å². The molecule has 0 unspecified atom stereocenters. The van der Waals surface area contributed by atoms with Crippen molar-refractivity contribution in [3.63, 3.8) is 0 Å². The topological polar surface area (TPSA) is 20.3 Å². The van der Waals surface area contributed by atoms with E-state index in [-0.39, 0.29) is 5.91 Å². The summed E-state index contributed by atoms with van der Waals surface area (Å²) in [4.78, 5) is 14.8. The molecule has 112 valence electrons. The van der Waals surface area contributed by atoms with Crippen LogP contribution >= 0.6 is 35.6 Å². The van der Waals surface area contributed by atoms with Gasteiger partial charge in [0, 0.05) is 11.6 Å². The van der Waals surface area contributed by atoms with E-state index in [4.69, 9.17) is 23.8 Å². The van der Waals surface area contributed by atoms with Gasteiger partial charge in [0.1, 0.15) is 4.32 Å². The van der Waals surface area contributed by atoms with E-state index in [1.165, 1.54) is 24.6 Å². The Labute approximate surface area is 140 Å². The van der Waals surface area contributed by atoms with Gasteiger partial charge in [-0.05, 0) is 24.1 Å². The lowest BCUT2D eigenvalue weighted by atomic mass is 10.2. The van der Waals surface area contributed by atoms with Crippen LogP contribution < -0.4 is 0 Å². The van der Waals surface area contributed by atoms with Crippen molar-refractivity contribution >= 4 is 51.9 Å². The lowest BCUT2D eigenvalue weighted by Gasteiger charge is -2.13. The van der Waals surface area contributed by atoms with Crippen molar-refractivity contribution in [3.05, 3.63) is 39.8 Å². The van der Waals surface area contributed by atoms with E-state index in [0.717, 1.165) is 18.4 Å². The molecule has 1 aromatic carbocycles. The summed E-state index contributed by atoms with van der Waals surface area (Å²) < 4.78 is 0.648. The maximum atomic E-state index is 12.4. The largest absolute Gasteiger partial charge is 0.293 e. The molecule has 1 heterocycles. The third kappa shape index (κ3) is 4.31. The monoisotopic (exact) mass is 339 g/mol. The van der Waals surface area contributed by atoms with Crippen molar-refractivity contribution in [1.82, 2.24) is 4.90 Å². The van der Waals surface area contributed by atoms with Gasteiger partial charge in [0.05, 0.1) is 4.91 Å². The van der Waals surface area contributed by atoms with Crippen LogP contribution in [-0.4, -0.2) is 21.7 Å². The van der Waals surface area contributed by atoms with Crippen LogP contribution in [0.2, 0.25) is 5.02 Å². The zero-order valence-electron chi connectivity index (χ0n) is 12.0. The maximum Gasteiger partial charge on any atom is 0.266 e. The fourth-order valence-electron chi connectivity index (χ4n) is 2.12. The molecule has 1 aliphatic rings. The molecule has 0 aromatic heterocycles. The number of nitrogens with zero attached hydrogens (tertiary/aromatic N) is 1. The molecule has 2 nitrogen and oxygen atoms in total. The van der Waals surface area contributed by atoms with Crippen LogP contribution in [0.5, 0.6) is 0 Å². The van der Waals surface area contributed by atoms with Crippen LogP contribution in [0.3, 0.4) is 0 Å². The number of carbonyl (C=O) groups is 1. The summed E-state index contributed by atoms with van der Waals surface area (Å²) in [5.74, 6) is 0.00131. The molecule has 0 spiro atoms. The van der Waals surface area contributed by atoms with Crippen molar-refractivity contribution < 1.29 is 4.79 Å². The van der Waals surface area contributed by atoms with Crippen LogP contribution in [0, 0.1) is 0 Å². The summed E-state index contributed by atoms with van der Waals surface area (Å²) in [6.45, 7) is 2.89. The lowest BCUT2D eigenvalue weighted by molar-refractivity contribution is -0.122. The minimum atomic E-state index is 0.00131. The summed E-state index contributed by atoms with van der Waals surface area (Å²) in [5.41, 5.74) is 0.852. The molecule has 0 saturated carbocycles. The Morgan fingerprint density at radius 1 is 1.29 bits per heavy atom. The first kappa shape index (κ1) is 16.5. The molecule has 1 aromatic rings. The SMILES string of the molecule is CCCCCCN1C(=O)C(=Cc2ccccc2Cl)SC1=S. The van der Waals surface area contributed by atoms with Gasteiger partial charge in [-0.25, -0.2) is 0 Å². The average molecular weight is 340 g/mol. The third-order valence-electron chi connectivity index (χ3n) is 3.30. The first-order valence-corrected chi connectivity index (χ1v) is 8.73. The van der Waals surface area contributed by atoms with Gasteiger partial charge in [-0.3, -0.25) is 9.69 Å². The number of amides is 1. The van der Waals surface area contributed by atoms with E-state index >= 15 is 0 Å².